The van der Waals surface area contributed by atoms with E-state index in [2.05, 4.69) is 4.98 Å². The van der Waals surface area contributed by atoms with E-state index >= 15 is 0 Å². The Balaban J connectivity index is 2.23. The molecule has 3 N–H and O–H groups in total. The Morgan fingerprint density at radius 1 is 1.14 bits per heavy atom. The molecular formula is C13H11NO6S2. The lowest BCUT2D eigenvalue weighted by Gasteiger charge is -2.09. The molecule has 0 aliphatic rings. The molecular weight excluding hydrogens is 330 g/mol. The second-order valence-electron chi connectivity index (χ2n) is 4.40. The molecule has 0 saturated heterocycles. The summed E-state index contributed by atoms with van der Waals surface area (Å²) in [4.78, 5) is 36.7. The molecule has 2 aromatic rings. The van der Waals surface area contributed by atoms with Crippen molar-refractivity contribution < 1.29 is 29.7 Å². The zero-order valence-corrected chi connectivity index (χ0v) is 12.7. The number of thiazole rings is 1. The Bertz CT molecular complexity index is 725. The van der Waals surface area contributed by atoms with Crippen molar-refractivity contribution in [3.63, 3.8) is 0 Å². The molecule has 0 atom stereocenters. The lowest BCUT2D eigenvalue weighted by molar-refractivity contribution is -0.138. The molecule has 2 rings (SSSR count). The van der Waals surface area contributed by atoms with Gasteiger partial charge in [0.25, 0.3) is 0 Å². The second kappa shape index (κ2) is 6.75. The maximum atomic E-state index is 10.9. The maximum Gasteiger partial charge on any atom is 0.335 e. The Morgan fingerprint density at radius 2 is 1.77 bits per heavy atom. The molecule has 0 spiro atoms. The van der Waals surface area contributed by atoms with Gasteiger partial charge in [0.05, 0.1) is 28.6 Å². The number of carbonyl (C=O) groups is 3. The van der Waals surface area contributed by atoms with Crippen LogP contribution in [-0.2, 0) is 9.59 Å². The first-order valence-electron chi connectivity index (χ1n) is 6.09. The number of aromatic nitrogens is 1. The molecule has 0 aliphatic carbocycles. The van der Waals surface area contributed by atoms with E-state index in [1.54, 1.807) is 6.07 Å². The average molecular weight is 341 g/mol. The Labute approximate surface area is 132 Å². The zero-order valence-electron chi connectivity index (χ0n) is 11.1. The van der Waals surface area contributed by atoms with E-state index < -0.39 is 23.2 Å². The Kier molecular flexibility index (Phi) is 4.99. The summed E-state index contributed by atoms with van der Waals surface area (Å²) in [6.07, 6.45) is -0.569. The quantitative estimate of drug-likeness (QED) is 0.656. The van der Waals surface area contributed by atoms with Crippen molar-refractivity contribution >= 4 is 51.2 Å². The van der Waals surface area contributed by atoms with Crippen LogP contribution < -0.4 is 0 Å². The number of benzene rings is 1. The van der Waals surface area contributed by atoms with Crippen molar-refractivity contribution in [1.82, 2.24) is 4.98 Å². The highest BCUT2D eigenvalue weighted by molar-refractivity contribution is 8.01. The van der Waals surface area contributed by atoms with Crippen molar-refractivity contribution in [1.29, 1.82) is 0 Å². The number of thioether (sulfide) groups is 1. The van der Waals surface area contributed by atoms with E-state index in [9.17, 15) is 14.4 Å². The van der Waals surface area contributed by atoms with E-state index in [4.69, 9.17) is 15.3 Å². The highest BCUT2D eigenvalue weighted by Crippen LogP contribution is 2.34. The van der Waals surface area contributed by atoms with Crippen LogP contribution in [0.4, 0.5) is 0 Å². The molecule has 0 radical (unpaired) electrons. The van der Waals surface area contributed by atoms with Gasteiger partial charge in [0.15, 0.2) is 4.34 Å². The summed E-state index contributed by atoms with van der Waals surface area (Å²) in [6, 6.07) is 4.52. The molecule has 0 aliphatic heterocycles. The number of nitrogens with zero attached hydrogens (tertiary/aromatic N) is 1. The standard InChI is InChI=1S/C13H11NO6S2/c15-10(16)4-7(5-11(17)18)21-13-14-8-3-6(12(19)20)1-2-9(8)22-13/h1-3,7H,4-5H2,(H,15,16)(H,17,18)(H,19,20). The lowest BCUT2D eigenvalue weighted by Crippen LogP contribution is -2.14. The van der Waals surface area contributed by atoms with Crippen molar-refractivity contribution in [2.75, 3.05) is 0 Å². The van der Waals surface area contributed by atoms with Crippen molar-refractivity contribution in [2.45, 2.75) is 22.4 Å². The number of fused-ring (bicyclic) bond motifs is 1. The van der Waals surface area contributed by atoms with Gasteiger partial charge in [-0.15, -0.1) is 11.3 Å². The molecule has 7 nitrogen and oxygen atoms in total. The van der Waals surface area contributed by atoms with E-state index in [0.717, 1.165) is 16.5 Å². The lowest BCUT2D eigenvalue weighted by atomic mass is 10.2. The SMILES string of the molecule is O=C(O)CC(CC(=O)O)Sc1nc2cc(C(=O)O)ccc2s1. The van der Waals surface area contributed by atoms with E-state index in [1.807, 2.05) is 0 Å². The van der Waals surface area contributed by atoms with E-state index in [-0.39, 0.29) is 18.4 Å². The fraction of sp³-hybridized carbons (Fsp3) is 0.231. The van der Waals surface area contributed by atoms with Crippen LogP contribution in [0.2, 0.25) is 0 Å². The smallest absolute Gasteiger partial charge is 0.335 e. The number of carboxylic acids is 3. The fourth-order valence-electron chi connectivity index (χ4n) is 1.78. The van der Waals surface area contributed by atoms with Crippen LogP contribution in [0.3, 0.4) is 0 Å². The summed E-state index contributed by atoms with van der Waals surface area (Å²) in [5.74, 6) is -3.21. The topological polar surface area (TPSA) is 125 Å². The van der Waals surface area contributed by atoms with Gasteiger partial charge in [0.2, 0.25) is 0 Å². The average Bonchev–Trinajstić information content (AvgIpc) is 2.77. The minimum Gasteiger partial charge on any atom is -0.481 e. The van der Waals surface area contributed by atoms with Gasteiger partial charge in [-0.25, -0.2) is 9.78 Å². The van der Waals surface area contributed by atoms with Crippen LogP contribution >= 0.6 is 23.1 Å². The normalized spacial score (nSPS) is 11.0. The number of hydrogen-bond acceptors (Lipinski definition) is 6. The molecule has 1 aromatic carbocycles. The summed E-state index contributed by atoms with van der Waals surface area (Å²) in [6.45, 7) is 0. The van der Waals surface area contributed by atoms with Crippen molar-refractivity contribution in [3.05, 3.63) is 23.8 Å². The molecule has 0 fully saturated rings. The third-order valence-electron chi connectivity index (χ3n) is 2.69. The predicted octanol–water partition coefficient (Wildman–Crippen LogP) is 2.40. The van der Waals surface area contributed by atoms with Gasteiger partial charge in [-0.05, 0) is 18.2 Å². The predicted molar refractivity (Wildman–Crippen MR) is 80.7 cm³/mol. The van der Waals surface area contributed by atoms with Crippen LogP contribution in [-0.4, -0.2) is 43.5 Å². The third kappa shape index (κ3) is 4.18. The van der Waals surface area contributed by atoms with E-state index in [1.165, 1.54) is 23.5 Å². The van der Waals surface area contributed by atoms with Crippen LogP contribution in [0.15, 0.2) is 22.5 Å². The minimum absolute atomic E-state index is 0.113. The number of carboxylic acid groups (broad SMARTS) is 3. The Hall–Kier alpha value is -2.13. The molecule has 0 bridgehead atoms. The van der Waals surface area contributed by atoms with E-state index in [0.29, 0.717) is 9.86 Å². The highest BCUT2D eigenvalue weighted by Gasteiger charge is 2.20. The monoisotopic (exact) mass is 341 g/mol. The highest BCUT2D eigenvalue weighted by atomic mass is 32.2. The van der Waals surface area contributed by atoms with Gasteiger partial charge in [-0.1, -0.05) is 11.8 Å². The summed E-state index contributed by atoms with van der Waals surface area (Å²) in [5, 5.41) is 26.0. The number of hydrogen-bond donors (Lipinski definition) is 3. The van der Waals surface area contributed by atoms with Gasteiger partial charge in [-0.3, -0.25) is 9.59 Å². The summed E-state index contributed by atoms with van der Waals surface area (Å²) >= 11 is 2.36. The molecule has 0 amide bonds. The van der Waals surface area contributed by atoms with Gasteiger partial charge >= 0.3 is 17.9 Å². The Morgan fingerprint density at radius 3 is 2.32 bits per heavy atom. The number of aliphatic carboxylic acids is 2. The van der Waals surface area contributed by atoms with Gasteiger partial charge in [0, 0.05) is 5.25 Å². The number of rotatable bonds is 7. The maximum absolute atomic E-state index is 10.9. The molecule has 1 aromatic heterocycles. The molecule has 1 heterocycles. The van der Waals surface area contributed by atoms with Gasteiger partial charge < -0.3 is 15.3 Å². The molecule has 0 unspecified atom stereocenters. The molecule has 22 heavy (non-hydrogen) atoms. The summed E-state index contributed by atoms with van der Waals surface area (Å²) in [5.41, 5.74) is 0.610. The minimum atomic E-state index is -1.08. The van der Waals surface area contributed by atoms with Crippen LogP contribution in [0.5, 0.6) is 0 Å². The van der Waals surface area contributed by atoms with Gasteiger partial charge in [-0.2, -0.15) is 0 Å². The van der Waals surface area contributed by atoms with Crippen molar-refractivity contribution in [2.24, 2.45) is 0 Å². The molecule has 0 saturated carbocycles. The van der Waals surface area contributed by atoms with Crippen molar-refractivity contribution in [3.8, 4) is 0 Å². The third-order valence-corrected chi connectivity index (χ3v) is 5.02. The molecule has 9 heteroatoms. The zero-order chi connectivity index (χ0) is 16.3. The molecule has 116 valence electrons. The number of aromatic carboxylic acids is 1. The largest absolute Gasteiger partial charge is 0.481 e. The first-order chi connectivity index (χ1) is 10.3. The first kappa shape index (κ1) is 16.2. The second-order valence-corrected chi connectivity index (χ2v) is 6.98. The van der Waals surface area contributed by atoms with Crippen LogP contribution in [0.25, 0.3) is 10.2 Å². The first-order valence-corrected chi connectivity index (χ1v) is 7.79. The fourth-order valence-corrected chi connectivity index (χ4v) is 4.21. The van der Waals surface area contributed by atoms with Crippen LogP contribution in [0.1, 0.15) is 23.2 Å². The summed E-state index contributed by atoms with van der Waals surface area (Å²) < 4.78 is 1.28. The van der Waals surface area contributed by atoms with Gasteiger partial charge in [0.1, 0.15) is 0 Å². The van der Waals surface area contributed by atoms with Crippen LogP contribution in [0, 0.1) is 0 Å². The summed E-state index contributed by atoms with van der Waals surface area (Å²) in [7, 11) is 0.